The summed E-state index contributed by atoms with van der Waals surface area (Å²) in [4.78, 5) is 15.1. The minimum atomic E-state index is -3.19. The van der Waals surface area contributed by atoms with Gasteiger partial charge in [-0.1, -0.05) is 28.7 Å². The lowest BCUT2D eigenvalue weighted by Crippen LogP contribution is -2.81. The first kappa shape index (κ1) is 55.1. The average molecular weight is 689 g/mol. The SMILES string of the molecule is C.C.CC(C)c1cnc(Cl)nc1.CC(O)c1cnc(Cl)nc1.CS(=O)(=O)Cl.[B][B]B(B([B])[B])B(B(B([B])[B])B([B])[B])B(B([B])[B])B([B])[B]. The van der Waals surface area contributed by atoms with Gasteiger partial charge in [-0.15, -0.1) is 0 Å². The molecule has 0 aromatic carbocycles. The van der Waals surface area contributed by atoms with E-state index in [0.717, 1.165) is 11.8 Å². The average Bonchev–Trinajstić information content (AvgIpc) is 2.88. The lowest BCUT2D eigenvalue weighted by molar-refractivity contribution is 0.198. The van der Waals surface area contributed by atoms with Crippen molar-refractivity contribution in [3.63, 3.8) is 0 Å². The van der Waals surface area contributed by atoms with Gasteiger partial charge in [-0.05, 0) is 41.6 Å². The third kappa shape index (κ3) is 24.5. The zero-order valence-electron chi connectivity index (χ0n) is 26.2. The largest absolute Gasteiger partial charge is 0.389 e. The molecule has 1 N–H and O–H groups in total. The summed E-state index contributed by atoms with van der Waals surface area (Å²) in [7, 11) is 66.1. The Bertz CT molecular complexity index is 1100. The van der Waals surface area contributed by atoms with Crippen LogP contribution in [0.3, 0.4) is 0 Å². The molecule has 0 saturated carbocycles. The van der Waals surface area contributed by atoms with Gasteiger partial charge in [0.25, 0.3) is 0 Å². The van der Waals surface area contributed by atoms with Crippen molar-refractivity contribution in [2.75, 3.05) is 6.26 Å². The second kappa shape index (κ2) is 27.9. The number of aliphatic hydroxyl groups excluding tert-OH is 1. The fraction of sp³-hybridized carbons (Fsp3) is 0.500. The van der Waals surface area contributed by atoms with Gasteiger partial charge in [0.15, 0.2) is 0 Å². The molecule has 48 heavy (non-hydrogen) atoms. The molecule has 7 nitrogen and oxygen atoms in total. The topological polar surface area (TPSA) is 106 Å². The van der Waals surface area contributed by atoms with Gasteiger partial charge in [0.1, 0.15) is 0 Å². The van der Waals surface area contributed by atoms with Crippen LogP contribution in [0.1, 0.15) is 58.8 Å². The first-order valence-corrected chi connectivity index (χ1v) is 17.1. The monoisotopic (exact) mass is 691 g/mol. The van der Waals surface area contributed by atoms with E-state index in [4.69, 9.17) is 113 Å². The number of aliphatic hydroxyl groups is 1. The van der Waals surface area contributed by atoms with Gasteiger partial charge in [-0.25, -0.2) is 28.4 Å². The molecule has 23 radical (unpaired) electrons. The summed E-state index contributed by atoms with van der Waals surface area (Å²) in [6.07, 6.45) is 0.117. The smallest absolute Gasteiger partial charge is 0.229 e. The highest BCUT2D eigenvalue weighted by Crippen LogP contribution is 2.12. The van der Waals surface area contributed by atoms with Crippen molar-refractivity contribution in [2.45, 2.75) is 47.6 Å². The molecule has 0 aliphatic heterocycles. The third-order valence-corrected chi connectivity index (χ3v) is 6.60. The van der Waals surface area contributed by atoms with Crippen LogP contribution in [-0.2, 0) is 9.05 Å². The zero-order chi connectivity index (χ0) is 36.5. The van der Waals surface area contributed by atoms with Crippen molar-refractivity contribution in [3.8, 4) is 0 Å². The van der Waals surface area contributed by atoms with Crippen LogP contribution >= 0.6 is 33.9 Å². The normalized spacial score (nSPS) is 10.1. The van der Waals surface area contributed by atoms with Crippen LogP contribution in [-0.4, -0.2) is 189 Å². The highest BCUT2D eigenvalue weighted by molar-refractivity contribution is 8.20. The molecular formula is C16H27B21Cl3N4O3S. The van der Waals surface area contributed by atoms with E-state index in [1.807, 2.05) is 0 Å². The molecule has 219 valence electrons. The number of hydrogen-bond acceptors (Lipinski definition) is 7. The standard InChI is InChI=1S/C7H9ClN2.C6H7ClN2O.CH3ClO2S.2CH4.B21/c1-5(2)6-3-9-7(8)10-4-6;1-4(10)5-2-8-6(7)9-3-5;1-5(2,3)4;;;1-12-18(13(2)3)21(19(14(4)5)15(6)7)20(16(8)9)17(10)11/h3-5H,1-2H3;2-4,10H,1H3;1H3;2*1H4;. The molecule has 0 amide bonds. The molecule has 1 atom stereocenters. The van der Waals surface area contributed by atoms with E-state index < -0.39 is 72.6 Å². The van der Waals surface area contributed by atoms with Crippen molar-refractivity contribution in [1.82, 2.24) is 19.9 Å². The van der Waals surface area contributed by atoms with Crippen LogP contribution in [0, 0.1) is 0 Å². The quantitative estimate of drug-likeness (QED) is 0.152. The van der Waals surface area contributed by atoms with Crippen molar-refractivity contribution < 1.29 is 13.5 Å². The summed E-state index contributed by atoms with van der Waals surface area (Å²) in [6, 6.07) is 0. The maximum atomic E-state index is 9.40. The van der Waals surface area contributed by atoms with Crippen LogP contribution in [0.15, 0.2) is 24.8 Å². The number of aromatic nitrogens is 4. The molecule has 2 rings (SSSR count). The Balaban J connectivity index is -0.000000299. The summed E-state index contributed by atoms with van der Waals surface area (Å²) in [5.74, 6) is 0.470. The molecule has 0 aliphatic rings. The summed E-state index contributed by atoms with van der Waals surface area (Å²) in [6.45, 7) is 5.83. The number of halogens is 3. The molecule has 2 aromatic heterocycles. The molecule has 0 spiro atoms. The molecule has 32 heteroatoms. The van der Waals surface area contributed by atoms with Crippen molar-refractivity contribution in [1.29, 1.82) is 0 Å². The van der Waals surface area contributed by atoms with E-state index in [9.17, 15) is 8.42 Å². The summed E-state index contributed by atoms with van der Waals surface area (Å²) in [5.41, 5.74) is 1.79. The van der Waals surface area contributed by atoms with Crippen LogP contribution in [0.25, 0.3) is 0 Å². The molecule has 2 aromatic rings. The minimum absolute atomic E-state index is 0. The van der Waals surface area contributed by atoms with Gasteiger partial charge in [-0.2, -0.15) is 0 Å². The Morgan fingerprint density at radius 3 is 1.12 bits per heavy atom. The van der Waals surface area contributed by atoms with Gasteiger partial charge < -0.3 is 5.11 Å². The molecule has 1 unspecified atom stereocenters. The minimum Gasteiger partial charge on any atom is -0.389 e. The highest BCUT2D eigenvalue weighted by atomic mass is 35.7. The fourth-order valence-corrected chi connectivity index (χ4v) is 4.18. The van der Waals surface area contributed by atoms with Crippen LogP contribution in [0.5, 0.6) is 0 Å². The highest BCUT2D eigenvalue weighted by Gasteiger charge is 2.45. The maximum Gasteiger partial charge on any atom is 0.229 e. The van der Waals surface area contributed by atoms with E-state index in [2.05, 4.69) is 44.5 Å². The first-order chi connectivity index (χ1) is 21.0. The third-order valence-electron chi connectivity index (χ3n) is 6.21. The lowest BCUT2D eigenvalue weighted by atomic mass is 8.38. The molecule has 0 fully saturated rings. The van der Waals surface area contributed by atoms with Crippen molar-refractivity contribution in [3.05, 3.63) is 46.5 Å². The van der Waals surface area contributed by atoms with E-state index in [-0.39, 0.29) is 20.1 Å². The lowest BCUT2D eigenvalue weighted by Gasteiger charge is -2.43. The number of rotatable bonds is 11. The number of hydrogen-bond donors (Lipinski definition) is 1. The van der Waals surface area contributed by atoms with Crippen LogP contribution < -0.4 is 0 Å². The van der Waals surface area contributed by atoms with Crippen LogP contribution in [0.2, 0.25) is 10.6 Å². The Morgan fingerprint density at radius 1 is 0.667 bits per heavy atom. The van der Waals surface area contributed by atoms with Gasteiger partial charge in [-0.3, -0.25) is 0 Å². The molecule has 0 saturated heterocycles. The number of nitrogens with zero attached hydrogens (tertiary/aromatic N) is 4. The van der Waals surface area contributed by atoms with E-state index in [0.29, 0.717) is 16.8 Å². The maximum absolute atomic E-state index is 9.40. The zero-order valence-corrected chi connectivity index (χ0v) is 29.3. The van der Waals surface area contributed by atoms with Crippen molar-refractivity contribution in [2.24, 2.45) is 0 Å². The Morgan fingerprint density at radius 2 is 0.938 bits per heavy atom. The van der Waals surface area contributed by atoms with E-state index >= 15 is 0 Å². The summed E-state index contributed by atoms with van der Waals surface area (Å²) in [5, 5.41) is 9.50. The van der Waals surface area contributed by atoms with Gasteiger partial charge in [0.2, 0.25) is 19.6 Å². The molecular weight excluding hydrogens is 662 g/mol. The van der Waals surface area contributed by atoms with E-state index in [1.54, 1.807) is 19.3 Å². The molecule has 0 bridgehead atoms. The van der Waals surface area contributed by atoms with Crippen LogP contribution in [0.4, 0.5) is 0 Å². The Kier molecular flexibility index (Phi) is 32.0. The second-order valence-electron chi connectivity index (χ2n) is 10.5. The first-order valence-electron chi connectivity index (χ1n) is 13.6. The fourth-order valence-electron chi connectivity index (χ4n) is 3.98. The second-order valence-corrected chi connectivity index (χ2v) is 14.2. The summed E-state index contributed by atoms with van der Waals surface area (Å²) < 4.78 is 18.8. The van der Waals surface area contributed by atoms with Gasteiger partial charge >= 0.3 is 0 Å². The predicted octanol–water partition coefficient (Wildman–Crippen LogP) is -3.10. The molecule has 2 heterocycles. The predicted molar refractivity (Wildman–Crippen MR) is 234 cm³/mol. The Labute approximate surface area is 324 Å². The summed E-state index contributed by atoms with van der Waals surface area (Å²) >= 11 is 10.9. The van der Waals surface area contributed by atoms with Gasteiger partial charge in [0.05, 0.1) is 12.4 Å². The Hall–Kier alpha value is 0.304. The molecule has 0 aliphatic carbocycles. The van der Waals surface area contributed by atoms with Gasteiger partial charge in [0, 0.05) is 191 Å². The van der Waals surface area contributed by atoms with Crippen molar-refractivity contribution >= 4 is 193 Å². The van der Waals surface area contributed by atoms with E-state index in [1.165, 1.54) is 19.5 Å².